The summed E-state index contributed by atoms with van der Waals surface area (Å²) in [6.07, 6.45) is 4.28. The Labute approximate surface area is 109 Å². The van der Waals surface area contributed by atoms with Crippen LogP contribution in [0.25, 0.3) is 0 Å². The fourth-order valence-electron chi connectivity index (χ4n) is 1.42. The fraction of sp³-hybridized carbons (Fsp3) is 0.769. The molecule has 1 N–H and O–H groups in total. The van der Waals surface area contributed by atoms with Gasteiger partial charge in [-0.05, 0) is 33.2 Å². The summed E-state index contributed by atoms with van der Waals surface area (Å²) in [4.78, 5) is 8.10. The maximum Gasteiger partial charge on any atom is 0.185 e. The fourth-order valence-corrected chi connectivity index (χ4v) is 2.42. The third kappa shape index (κ3) is 3.96. The summed E-state index contributed by atoms with van der Waals surface area (Å²) < 4.78 is 0. The van der Waals surface area contributed by atoms with Crippen molar-refractivity contribution in [1.29, 1.82) is 0 Å². The molecule has 0 spiro atoms. The van der Waals surface area contributed by atoms with Crippen LogP contribution in [0.4, 0.5) is 5.13 Å². The molecule has 0 aromatic carbocycles. The van der Waals surface area contributed by atoms with Crippen LogP contribution in [0.15, 0.2) is 6.20 Å². The van der Waals surface area contributed by atoms with Crippen LogP contribution < -0.4 is 10.2 Å². The van der Waals surface area contributed by atoms with Gasteiger partial charge >= 0.3 is 0 Å². The monoisotopic (exact) mass is 255 g/mol. The molecule has 0 fully saturated rings. The standard InChI is InChI=1S/C13H25N3S/c1-6-8-14-9-11-10-15-12(17-11)16(5)13(3,4)7-2/h10,14H,6-9H2,1-5H3. The molecule has 0 radical (unpaired) electrons. The van der Waals surface area contributed by atoms with E-state index in [1.165, 1.54) is 11.3 Å². The van der Waals surface area contributed by atoms with Crippen LogP contribution in [0.1, 0.15) is 45.4 Å². The zero-order valence-electron chi connectivity index (χ0n) is 11.7. The minimum absolute atomic E-state index is 0.173. The molecule has 0 aliphatic heterocycles. The van der Waals surface area contributed by atoms with E-state index in [-0.39, 0.29) is 5.54 Å². The van der Waals surface area contributed by atoms with Gasteiger partial charge in [0.25, 0.3) is 0 Å². The molecule has 0 amide bonds. The predicted molar refractivity (Wildman–Crippen MR) is 76.9 cm³/mol. The van der Waals surface area contributed by atoms with E-state index in [1.807, 2.05) is 6.20 Å². The van der Waals surface area contributed by atoms with E-state index < -0.39 is 0 Å². The van der Waals surface area contributed by atoms with Crippen molar-refractivity contribution in [3.05, 3.63) is 11.1 Å². The van der Waals surface area contributed by atoms with E-state index >= 15 is 0 Å². The summed E-state index contributed by atoms with van der Waals surface area (Å²) in [7, 11) is 2.13. The molecule has 1 heterocycles. The topological polar surface area (TPSA) is 28.2 Å². The highest BCUT2D eigenvalue weighted by Gasteiger charge is 2.23. The Morgan fingerprint density at radius 3 is 2.71 bits per heavy atom. The summed E-state index contributed by atoms with van der Waals surface area (Å²) >= 11 is 1.79. The van der Waals surface area contributed by atoms with Crippen molar-refractivity contribution in [2.75, 3.05) is 18.5 Å². The Balaban J connectivity index is 2.61. The highest BCUT2D eigenvalue weighted by atomic mass is 32.1. The molecule has 17 heavy (non-hydrogen) atoms. The lowest BCUT2D eigenvalue weighted by Crippen LogP contribution is -2.40. The Morgan fingerprint density at radius 1 is 1.41 bits per heavy atom. The first-order valence-corrected chi connectivity index (χ1v) is 7.22. The van der Waals surface area contributed by atoms with Gasteiger partial charge in [0.1, 0.15) is 0 Å². The molecular weight excluding hydrogens is 230 g/mol. The average Bonchev–Trinajstić information content (AvgIpc) is 2.77. The first-order valence-electron chi connectivity index (χ1n) is 6.40. The van der Waals surface area contributed by atoms with Crippen LogP contribution in [0, 0.1) is 0 Å². The number of nitrogens with one attached hydrogen (secondary N) is 1. The second kappa shape index (κ2) is 6.36. The molecule has 98 valence electrons. The number of hydrogen-bond acceptors (Lipinski definition) is 4. The second-order valence-electron chi connectivity index (χ2n) is 5.01. The van der Waals surface area contributed by atoms with Crippen molar-refractivity contribution in [3.63, 3.8) is 0 Å². The van der Waals surface area contributed by atoms with E-state index in [4.69, 9.17) is 0 Å². The van der Waals surface area contributed by atoms with E-state index in [2.05, 4.69) is 49.9 Å². The molecule has 0 atom stereocenters. The third-order valence-electron chi connectivity index (χ3n) is 3.33. The molecule has 0 unspecified atom stereocenters. The first-order chi connectivity index (χ1) is 8.01. The molecule has 1 aromatic heterocycles. The average molecular weight is 255 g/mol. The lowest BCUT2D eigenvalue weighted by atomic mass is 10.0. The molecule has 4 heteroatoms. The summed E-state index contributed by atoms with van der Waals surface area (Å²) in [5.41, 5.74) is 0.173. The van der Waals surface area contributed by atoms with Crippen molar-refractivity contribution >= 4 is 16.5 Å². The maximum absolute atomic E-state index is 4.51. The van der Waals surface area contributed by atoms with Crippen LogP contribution in [0.5, 0.6) is 0 Å². The summed E-state index contributed by atoms with van der Waals surface area (Å²) in [5.74, 6) is 0. The van der Waals surface area contributed by atoms with E-state index in [9.17, 15) is 0 Å². The van der Waals surface area contributed by atoms with Gasteiger partial charge in [0, 0.05) is 30.2 Å². The smallest absolute Gasteiger partial charge is 0.185 e. The minimum Gasteiger partial charge on any atom is -0.346 e. The summed E-state index contributed by atoms with van der Waals surface area (Å²) in [6, 6.07) is 0. The lowest BCUT2D eigenvalue weighted by molar-refractivity contribution is 0.470. The van der Waals surface area contributed by atoms with Gasteiger partial charge in [-0.25, -0.2) is 4.98 Å². The molecule has 0 aliphatic carbocycles. The van der Waals surface area contributed by atoms with Crippen molar-refractivity contribution in [2.24, 2.45) is 0 Å². The van der Waals surface area contributed by atoms with Gasteiger partial charge in [0.05, 0.1) is 0 Å². The maximum atomic E-state index is 4.51. The van der Waals surface area contributed by atoms with Crippen molar-refractivity contribution in [1.82, 2.24) is 10.3 Å². The van der Waals surface area contributed by atoms with E-state index in [0.717, 1.165) is 24.6 Å². The second-order valence-corrected chi connectivity index (χ2v) is 6.10. The Bertz CT molecular complexity index is 333. The highest BCUT2D eigenvalue weighted by molar-refractivity contribution is 7.15. The van der Waals surface area contributed by atoms with Crippen molar-refractivity contribution < 1.29 is 0 Å². The highest BCUT2D eigenvalue weighted by Crippen LogP contribution is 2.28. The third-order valence-corrected chi connectivity index (χ3v) is 4.40. The van der Waals surface area contributed by atoms with Crippen LogP contribution in [0.3, 0.4) is 0 Å². The molecule has 1 rings (SSSR count). The van der Waals surface area contributed by atoms with Gasteiger partial charge in [0.2, 0.25) is 0 Å². The molecule has 0 saturated heterocycles. The quantitative estimate of drug-likeness (QED) is 0.758. The zero-order valence-corrected chi connectivity index (χ0v) is 12.5. The number of hydrogen-bond donors (Lipinski definition) is 1. The van der Waals surface area contributed by atoms with Gasteiger partial charge in [-0.1, -0.05) is 13.8 Å². The van der Waals surface area contributed by atoms with Gasteiger partial charge < -0.3 is 10.2 Å². The Morgan fingerprint density at radius 2 is 2.12 bits per heavy atom. The van der Waals surface area contributed by atoms with Crippen LogP contribution >= 0.6 is 11.3 Å². The van der Waals surface area contributed by atoms with Crippen molar-refractivity contribution in [2.45, 2.75) is 52.6 Å². The molecule has 3 nitrogen and oxygen atoms in total. The van der Waals surface area contributed by atoms with E-state index in [0.29, 0.717) is 0 Å². The summed E-state index contributed by atoms with van der Waals surface area (Å²) in [6.45, 7) is 10.9. The Kier molecular flexibility index (Phi) is 5.40. The first kappa shape index (κ1) is 14.5. The van der Waals surface area contributed by atoms with Crippen LogP contribution in [-0.2, 0) is 6.54 Å². The van der Waals surface area contributed by atoms with Crippen molar-refractivity contribution in [3.8, 4) is 0 Å². The van der Waals surface area contributed by atoms with E-state index in [1.54, 1.807) is 11.3 Å². The zero-order chi connectivity index (χ0) is 12.9. The van der Waals surface area contributed by atoms with Gasteiger partial charge in [0.15, 0.2) is 5.13 Å². The van der Waals surface area contributed by atoms with Crippen LogP contribution in [0.2, 0.25) is 0 Å². The summed E-state index contributed by atoms with van der Waals surface area (Å²) in [5, 5.41) is 4.52. The Hall–Kier alpha value is -0.610. The molecule has 1 aromatic rings. The number of thiazole rings is 1. The number of aromatic nitrogens is 1. The normalized spacial score (nSPS) is 11.8. The predicted octanol–water partition coefficient (Wildman–Crippen LogP) is 3.27. The molecule has 0 aliphatic rings. The SMILES string of the molecule is CCCNCc1cnc(N(C)C(C)(C)CC)s1. The number of rotatable bonds is 7. The molecular formula is C13H25N3S. The lowest BCUT2D eigenvalue weighted by Gasteiger charge is -2.34. The largest absolute Gasteiger partial charge is 0.346 e. The van der Waals surface area contributed by atoms with Gasteiger partial charge in [-0.2, -0.15) is 0 Å². The number of nitrogens with zero attached hydrogens (tertiary/aromatic N) is 2. The minimum atomic E-state index is 0.173. The molecule has 0 bridgehead atoms. The molecule has 0 saturated carbocycles. The van der Waals surface area contributed by atoms with Gasteiger partial charge in [-0.15, -0.1) is 11.3 Å². The van der Waals surface area contributed by atoms with Gasteiger partial charge in [-0.3, -0.25) is 0 Å². The van der Waals surface area contributed by atoms with Crippen LogP contribution in [-0.4, -0.2) is 24.1 Å². The number of anilines is 1.